The van der Waals surface area contributed by atoms with Gasteiger partial charge in [-0.3, -0.25) is 9.89 Å². The first kappa shape index (κ1) is 14.0. The molecule has 2 rings (SSSR count). The number of hydrogen-bond acceptors (Lipinski definition) is 2. The van der Waals surface area contributed by atoms with Gasteiger partial charge < -0.3 is 5.32 Å². The molecule has 0 aliphatic heterocycles. The van der Waals surface area contributed by atoms with Crippen molar-refractivity contribution in [2.24, 2.45) is 0 Å². The number of nitrogens with zero attached hydrogens (tertiary/aromatic N) is 1. The lowest BCUT2D eigenvalue weighted by atomic mass is 10.1. The van der Waals surface area contributed by atoms with Gasteiger partial charge in [0.05, 0.1) is 0 Å². The molecule has 1 amide bonds. The first-order valence-electron chi connectivity index (χ1n) is 5.50. The average Bonchev–Trinajstić information content (AvgIpc) is 2.89. The molecular weight excluding hydrogens is 278 g/mol. The van der Waals surface area contributed by atoms with Gasteiger partial charge in [-0.05, 0) is 23.8 Å². The lowest BCUT2D eigenvalue weighted by Gasteiger charge is -2.21. The summed E-state index contributed by atoms with van der Waals surface area (Å²) >= 11 is 0. The number of H-pyrrole nitrogens is 1. The fraction of sp³-hybridized carbons (Fsp3) is 0.167. The maximum atomic E-state index is 13.0. The first-order valence-corrected chi connectivity index (χ1v) is 5.50. The maximum Gasteiger partial charge on any atom is 0.412 e. The van der Waals surface area contributed by atoms with E-state index >= 15 is 0 Å². The molecule has 8 heteroatoms. The van der Waals surface area contributed by atoms with Crippen molar-refractivity contribution in [2.45, 2.75) is 12.2 Å². The predicted octanol–water partition coefficient (Wildman–Crippen LogP) is 2.58. The van der Waals surface area contributed by atoms with Crippen LogP contribution in [0.1, 0.15) is 22.1 Å². The van der Waals surface area contributed by atoms with Crippen LogP contribution in [-0.2, 0) is 0 Å². The van der Waals surface area contributed by atoms with E-state index in [0.29, 0.717) is 0 Å². The number of amides is 1. The number of aromatic amines is 1. The SMILES string of the molecule is O=C(N[C@@H](c1ccc(F)cc1)C(F)(F)F)c1ccn[nH]1. The smallest absolute Gasteiger partial charge is 0.335 e. The van der Waals surface area contributed by atoms with Crippen molar-refractivity contribution in [1.29, 1.82) is 0 Å². The van der Waals surface area contributed by atoms with Crippen molar-refractivity contribution in [3.05, 3.63) is 53.6 Å². The van der Waals surface area contributed by atoms with Crippen molar-refractivity contribution in [2.75, 3.05) is 0 Å². The van der Waals surface area contributed by atoms with E-state index in [2.05, 4.69) is 10.2 Å². The van der Waals surface area contributed by atoms with Crippen LogP contribution in [0, 0.1) is 5.82 Å². The van der Waals surface area contributed by atoms with Crippen LogP contribution in [0.3, 0.4) is 0 Å². The van der Waals surface area contributed by atoms with Gasteiger partial charge in [-0.25, -0.2) is 4.39 Å². The minimum Gasteiger partial charge on any atom is -0.335 e. The highest BCUT2D eigenvalue weighted by Gasteiger charge is 2.42. The van der Waals surface area contributed by atoms with Gasteiger partial charge in [-0.15, -0.1) is 0 Å². The molecule has 0 radical (unpaired) electrons. The van der Waals surface area contributed by atoms with Crippen molar-refractivity contribution < 1.29 is 22.4 Å². The van der Waals surface area contributed by atoms with Crippen LogP contribution in [0.5, 0.6) is 0 Å². The molecule has 0 saturated heterocycles. The molecule has 0 saturated carbocycles. The topological polar surface area (TPSA) is 57.8 Å². The Labute approximate surface area is 110 Å². The third kappa shape index (κ3) is 3.14. The van der Waals surface area contributed by atoms with E-state index in [1.54, 1.807) is 0 Å². The lowest BCUT2D eigenvalue weighted by molar-refractivity contribution is -0.155. The maximum absolute atomic E-state index is 13.0. The van der Waals surface area contributed by atoms with E-state index in [4.69, 9.17) is 0 Å². The summed E-state index contributed by atoms with van der Waals surface area (Å²) in [6.45, 7) is 0. The Balaban J connectivity index is 2.25. The zero-order valence-electron chi connectivity index (χ0n) is 9.91. The molecule has 1 atom stereocenters. The van der Waals surface area contributed by atoms with Gasteiger partial charge in [0.25, 0.3) is 5.91 Å². The number of carbonyl (C=O) groups is 1. The molecular formula is C12H9F4N3O. The van der Waals surface area contributed by atoms with Crippen LogP contribution in [-0.4, -0.2) is 22.3 Å². The predicted molar refractivity (Wildman–Crippen MR) is 61.2 cm³/mol. The summed E-state index contributed by atoms with van der Waals surface area (Å²) in [4.78, 5) is 11.6. The molecule has 1 heterocycles. The number of carbonyl (C=O) groups excluding carboxylic acids is 1. The van der Waals surface area contributed by atoms with E-state index < -0.39 is 23.9 Å². The number of halogens is 4. The fourth-order valence-corrected chi connectivity index (χ4v) is 1.60. The number of aromatic nitrogens is 2. The van der Waals surface area contributed by atoms with Crippen molar-refractivity contribution in [3.8, 4) is 0 Å². The largest absolute Gasteiger partial charge is 0.412 e. The number of hydrogen-bond donors (Lipinski definition) is 2. The van der Waals surface area contributed by atoms with Gasteiger partial charge in [0.1, 0.15) is 11.5 Å². The molecule has 0 bridgehead atoms. The van der Waals surface area contributed by atoms with E-state index in [1.807, 2.05) is 5.32 Å². The van der Waals surface area contributed by atoms with Crippen LogP contribution in [0.2, 0.25) is 0 Å². The highest BCUT2D eigenvalue weighted by molar-refractivity contribution is 5.92. The van der Waals surface area contributed by atoms with Crippen molar-refractivity contribution in [1.82, 2.24) is 15.5 Å². The normalized spacial score (nSPS) is 13.0. The summed E-state index contributed by atoms with van der Waals surface area (Å²) in [5.74, 6) is -1.61. The highest BCUT2D eigenvalue weighted by atomic mass is 19.4. The standard InChI is InChI=1S/C12H9F4N3O/c13-8-3-1-7(2-4-8)10(12(14,15)16)18-11(20)9-5-6-17-19-9/h1-6,10H,(H,17,19)(H,18,20)/t10-/m0/s1. The molecule has 0 aliphatic carbocycles. The average molecular weight is 287 g/mol. The van der Waals surface area contributed by atoms with Gasteiger partial charge >= 0.3 is 6.18 Å². The molecule has 4 nitrogen and oxygen atoms in total. The monoisotopic (exact) mass is 287 g/mol. The lowest BCUT2D eigenvalue weighted by Crippen LogP contribution is -2.38. The van der Waals surface area contributed by atoms with E-state index in [0.717, 1.165) is 24.3 Å². The van der Waals surface area contributed by atoms with Gasteiger partial charge in [-0.2, -0.15) is 18.3 Å². The van der Waals surface area contributed by atoms with E-state index in [9.17, 15) is 22.4 Å². The molecule has 20 heavy (non-hydrogen) atoms. The molecule has 0 spiro atoms. The molecule has 0 unspecified atom stereocenters. The Morgan fingerprint density at radius 1 is 1.20 bits per heavy atom. The number of benzene rings is 1. The second-order valence-corrected chi connectivity index (χ2v) is 3.97. The van der Waals surface area contributed by atoms with Gasteiger partial charge in [0, 0.05) is 6.20 Å². The van der Waals surface area contributed by atoms with Crippen LogP contribution in [0.15, 0.2) is 36.5 Å². The summed E-state index contributed by atoms with van der Waals surface area (Å²) < 4.78 is 51.7. The summed E-state index contributed by atoms with van der Waals surface area (Å²) in [7, 11) is 0. The van der Waals surface area contributed by atoms with Crippen LogP contribution < -0.4 is 5.32 Å². The van der Waals surface area contributed by atoms with Crippen molar-refractivity contribution >= 4 is 5.91 Å². The molecule has 1 aromatic carbocycles. The minimum atomic E-state index is -4.70. The Morgan fingerprint density at radius 3 is 2.35 bits per heavy atom. The van der Waals surface area contributed by atoms with E-state index in [1.165, 1.54) is 12.3 Å². The van der Waals surface area contributed by atoms with Gasteiger partial charge in [0.15, 0.2) is 6.04 Å². The molecule has 106 valence electrons. The Hall–Kier alpha value is -2.38. The third-order valence-electron chi connectivity index (χ3n) is 2.55. The molecule has 2 N–H and O–H groups in total. The molecule has 0 aliphatic rings. The number of rotatable bonds is 3. The summed E-state index contributed by atoms with van der Waals surface area (Å²) in [6.07, 6.45) is -3.46. The van der Waals surface area contributed by atoms with Crippen molar-refractivity contribution in [3.63, 3.8) is 0 Å². The highest BCUT2D eigenvalue weighted by Crippen LogP contribution is 2.32. The second-order valence-electron chi connectivity index (χ2n) is 3.97. The quantitative estimate of drug-likeness (QED) is 0.852. The van der Waals surface area contributed by atoms with Crippen LogP contribution in [0.25, 0.3) is 0 Å². The number of alkyl halides is 3. The Bertz CT molecular complexity index is 578. The zero-order chi connectivity index (χ0) is 14.8. The second kappa shape index (κ2) is 5.32. The Kier molecular flexibility index (Phi) is 3.73. The van der Waals surface area contributed by atoms with Crippen LogP contribution >= 0.6 is 0 Å². The molecule has 2 aromatic rings. The fourth-order valence-electron chi connectivity index (χ4n) is 1.60. The van der Waals surface area contributed by atoms with Gasteiger partial charge in [-0.1, -0.05) is 12.1 Å². The Morgan fingerprint density at radius 2 is 1.85 bits per heavy atom. The summed E-state index contributed by atoms with van der Waals surface area (Å²) in [5, 5.41) is 7.58. The summed E-state index contributed by atoms with van der Waals surface area (Å²) in [6, 6.07) is 2.76. The van der Waals surface area contributed by atoms with E-state index in [-0.39, 0.29) is 11.3 Å². The van der Waals surface area contributed by atoms with Crippen LogP contribution in [0.4, 0.5) is 17.6 Å². The first-order chi connectivity index (χ1) is 9.38. The van der Waals surface area contributed by atoms with Gasteiger partial charge in [0.2, 0.25) is 0 Å². The zero-order valence-corrected chi connectivity index (χ0v) is 9.91. The third-order valence-corrected chi connectivity index (χ3v) is 2.55. The molecule has 0 fully saturated rings. The molecule has 1 aromatic heterocycles. The minimum absolute atomic E-state index is 0.0960. The number of nitrogens with one attached hydrogen (secondary N) is 2. The summed E-state index contributed by atoms with van der Waals surface area (Å²) in [5.41, 5.74) is -0.354.